The molecule has 0 aromatic heterocycles. The first-order valence-electron chi connectivity index (χ1n) is 12.6. The first-order valence-corrected chi connectivity index (χ1v) is 14.9. The van der Waals surface area contributed by atoms with E-state index in [2.05, 4.69) is 15.7 Å². The fraction of sp³-hybridized carbons (Fsp3) is 0.308. The summed E-state index contributed by atoms with van der Waals surface area (Å²) in [4.78, 5) is 37.5. The summed E-state index contributed by atoms with van der Waals surface area (Å²) < 4.78 is 39.3. The Kier molecular flexibility index (Phi) is 11.5. The first-order chi connectivity index (χ1) is 19.9. The summed E-state index contributed by atoms with van der Waals surface area (Å²) >= 11 is 12.1. The zero-order chi connectivity index (χ0) is 31.0. The van der Waals surface area contributed by atoms with E-state index in [4.69, 9.17) is 43.6 Å². The molecule has 1 unspecified atom stereocenters. The second-order valence-corrected chi connectivity index (χ2v) is 12.0. The zero-order valence-electron chi connectivity index (χ0n) is 22.7. The molecule has 2 amide bonds. The number of nitrogens with zero attached hydrogens (tertiary/aromatic N) is 1. The van der Waals surface area contributed by atoms with Crippen molar-refractivity contribution < 1.29 is 32.6 Å². The number of rotatable bonds is 11. The number of amides is 2. The van der Waals surface area contributed by atoms with Gasteiger partial charge in [0, 0.05) is 25.3 Å². The number of nitrogens with two attached hydrogens (primary N) is 1. The molecule has 2 aromatic carbocycles. The number of halogens is 3. The van der Waals surface area contributed by atoms with Gasteiger partial charge in [0.2, 0.25) is 0 Å². The van der Waals surface area contributed by atoms with Gasteiger partial charge in [-0.25, -0.2) is 18.7 Å². The van der Waals surface area contributed by atoms with Gasteiger partial charge in [-0.3, -0.25) is 19.8 Å². The van der Waals surface area contributed by atoms with Crippen molar-refractivity contribution in [3.63, 3.8) is 0 Å². The third-order valence-electron chi connectivity index (χ3n) is 6.23. The van der Waals surface area contributed by atoms with Crippen LogP contribution in [0.25, 0.3) is 0 Å². The second kappa shape index (κ2) is 14.6. The van der Waals surface area contributed by atoms with E-state index < -0.39 is 49.1 Å². The van der Waals surface area contributed by atoms with Crippen LogP contribution in [0.1, 0.15) is 30.1 Å². The van der Waals surface area contributed by atoms with Gasteiger partial charge in [-0.2, -0.15) is 0 Å². The third-order valence-corrected chi connectivity index (χ3v) is 9.18. The lowest BCUT2D eigenvalue weighted by Crippen LogP contribution is -2.49. The van der Waals surface area contributed by atoms with Gasteiger partial charge in [-0.05, 0) is 56.2 Å². The van der Waals surface area contributed by atoms with Crippen LogP contribution >= 0.6 is 30.9 Å². The lowest BCUT2D eigenvalue weighted by atomic mass is 10.1. The van der Waals surface area contributed by atoms with E-state index in [1.807, 2.05) is 0 Å². The summed E-state index contributed by atoms with van der Waals surface area (Å²) in [6.07, 6.45) is 1.50. The predicted octanol–water partition coefficient (Wildman–Crippen LogP) is 3.60. The van der Waals surface area contributed by atoms with E-state index in [1.54, 1.807) is 6.07 Å². The average molecular weight is 643 g/mol. The molecule has 1 aliphatic heterocycles. The molecule has 2 aromatic rings. The number of piperidine rings is 1. The lowest BCUT2D eigenvalue weighted by Gasteiger charge is -2.37. The highest BCUT2D eigenvalue weighted by Crippen LogP contribution is 2.48. The third kappa shape index (κ3) is 8.30. The molecule has 0 spiro atoms. The molecule has 42 heavy (non-hydrogen) atoms. The van der Waals surface area contributed by atoms with Crippen molar-refractivity contribution in [1.29, 1.82) is 5.41 Å². The molecule has 3 rings (SSSR count). The Balaban J connectivity index is 1.64. The highest BCUT2D eigenvalue weighted by atomic mass is 35.5. The van der Waals surface area contributed by atoms with Crippen LogP contribution in [0.4, 0.5) is 4.39 Å². The van der Waals surface area contributed by atoms with Crippen LogP contribution in [0.5, 0.6) is 5.75 Å². The van der Waals surface area contributed by atoms with Gasteiger partial charge in [0.25, 0.3) is 11.8 Å². The van der Waals surface area contributed by atoms with Crippen LogP contribution in [0, 0.1) is 11.2 Å². The average Bonchev–Trinajstić information content (AvgIpc) is 2.96. The smallest absolute Gasteiger partial charge is 0.393 e. The Morgan fingerprint density at radius 2 is 1.74 bits per heavy atom. The summed E-state index contributed by atoms with van der Waals surface area (Å²) in [5.74, 6) is -2.60. The van der Waals surface area contributed by atoms with Gasteiger partial charge >= 0.3 is 13.6 Å². The maximum absolute atomic E-state index is 14.0. The van der Waals surface area contributed by atoms with Crippen LogP contribution in [0.15, 0.2) is 54.4 Å². The summed E-state index contributed by atoms with van der Waals surface area (Å²) in [6, 6.07) is 7.99. The minimum atomic E-state index is -3.90. The van der Waals surface area contributed by atoms with E-state index in [0.717, 1.165) is 18.3 Å². The Morgan fingerprint density at radius 3 is 2.29 bits per heavy atom. The molecular weight excluding hydrogens is 613 g/mol. The molecule has 2 atom stereocenters. The SMILES string of the molecule is COC(=O)[C@H](C)NP(=O)(Oc1ccc(F)cc1)N1CCC(NC(=O)C(=N)/C(=C\N)NC(=O)c2c(Cl)cccc2Cl)CC1. The fourth-order valence-corrected chi connectivity index (χ4v) is 6.68. The van der Waals surface area contributed by atoms with E-state index >= 15 is 0 Å². The highest BCUT2D eigenvalue weighted by Gasteiger charge is 2.39. The van der Waals surface area contributed by atoms with Crippen molar-refractivity contribution in [2.24, 2.45) is 5.73 Å². The number of carbonyl (C=O) groups is 3. The van der Waals surface area contributed by atoms with Gasteiger partial charge < -0.3 is 25.6 Å². The molecule has 12 nitrogen and oxygen atoms in total. The molecular formula is C26H30Cl2FN6O6P. The van der Waals surface area contributed by atoms with E-state index in [-0.39, 0.29) is 40.1 Å². The summed E-state index contributed by atoms with van der Waals surface area (Å²) in [7, 11) is -2.70. The molecule has 1 heterocycles. The normalized spacial score (nSPS) is 16.5. The van der Waals surface area contributed by atoms with Crippen LogP contribution in [-0.4, -0.2) is 60.4 Å². The molecule has 0 saturated carbocycles. The highest BCUT2D eigenvalue weighted by molar-refractivity contribution is 7.54. The van der Waals surface area contributed by atoms with Crippen molar-refractivity contribution in [1.82, 2.24) is 20.4 Å². The molecule has 1 aliphatic rings. The Morgan fingerprint density at radius 1 is 1.14 bits per heavy atom. The molecule has 0 aliphatic carbocycles. The van der Waals surface area contributed by atoms with E-state index in [0.29, 0.717) is 12.8 Å². The van der Waals surface area contributed by atoms with Gasteiger partial charge in [0.1, 0.15) is 23.3 Å². The Hall–Kier alpha value is -3.48. The molecule has 6 N–H and O–H groups in total. The minimum absolute atomic E-state index is 0.0387. The van der Waals surface area contributed by atoms with Gasteiger partial charge in [0.15, 0.2) is 0 Å². The number of ether oxygens (including phenoxy) is 1. The number of hydrogen-bond donors (Lipinski definition) is 5. The van der Waals surface area contributed by atoms with Crippen LogP contribution in [-0.2, 0) is 18.9 Å². The first kappa shape index (κ1) is 33.0. The molecule has 226 valence electrons. The Labute approximate surface area is 251 Å². The molecule has 0 bridgehead atoms. The molecule has 1 saturated heterocycles. The quantitative estimate of drug-likeness (QED) is 0.139. The number of benzene rings is 2. The van der Waals surface area contributed by atoms with Crippen molar-refractivity contribution in [3.8, 4) is 5.75 Å². The number of methoxy groups -OCH3 is 1. The van der Waals surface area contributed by atoms with Gasteiger partial charge in [-0.1, -0.05) is 29.3 Å². The van der Waals surface area contributed by atoms with Crippen molar-refractivity contribution in [2.45, 2.75) is 31.8 Å². The second-order valence-electron chi connectivity index (χ2n) is 9.15. The van der Waals surface area contributed by atoms with Crippen LogP contribution in [0.3, 0.4) is 0 Å². The van der Waals surface area contributed by atoms with Gasteiger partial charge in [0.05, 0.1) is 28.4 Å². The standard InChI is InChI=1S/C26H30Cl2FN6O6P/c1-15(26(38)40-2)34-42(39,41-18-8-6-16(29)7-9-18)35-12-10-17(11-13-35)32-25(37)23(31)21(14-30)33-24(36)22-19(27)4-3-5-20(22)28/h3-9,14-15,17,31H,10-13,30H2,1-2H3,(H,32,37)(H,33,36)(H,34,39)/b21-14+,31-23?/t15-,42?/m0/s1. The maximum Gasteiger partial charge on any atom is 0.393 e. The van der Waals surface area contributed by atoms with Crippen molar-refractivity contribution in [2.75, 3.05) is 20.2 Å². The molecule has 1 fully saturated rings. The molecule has 16 heteroatoms. The predicted molar refractivity (Wildman–Crippen MR) is 156 cm³/mol. The van der Waals surface area contributed by atoms with Crippen molar-refractivity contribution >= 4 is 54.4 Å². The summed E-state index contributed by atoms with van der Waals surface area (Å²) in [5.41, 5.74) is 4.68. The maximum atomic E-state index is 14.0. The number of hydrogen-bond acceptors (Lipinski definition) is 8. The van der Waals surface area contributed by atoms with E-state index in [1.165, 1.54) is 43.0 Å². The number of nitrogens with one attached hydrogen (secondary N) is 4. The lowest BCUT2D eigenvalue weighted by molar-refractivity contribution is -0.142. The summed E-state index contributed by atoms with van der Waals surface area (Å²) in [6.45, 7) is 1.80. The minimum Gasteiger partial charge on any atom is -0.468 e. The van der Waals surface area contributed by atoms with Crippen molar-refractivity contribution in [3.05, 3.63) is 75.8 Å². The van der Waals surface area contributed by atoms with Crippen LogP contribution < -0.4 is 26.0 Å². The topological polar surface area (TPSA) is 176 Å². The largest absolute Gasteiger partial charge is 0.468 e. The van der Waals surface area contributed by atoms with Crippen LogP contribution in [0.2, 0.25) is 10.0 Å². The summed E-state index contributed by atoms with van der Waals surface area (Å²) in [5, 5.41) is 16.2. The number of esters is 1. The van der Waals surface area contributed by atoms with Gasteiger partial charge in [-0.15, -0.1) is 0 Å². The fourth-order valence-electron chi connectivity index (χ4n) is 4.02. The monoisotopic (exact) mass is 642 g/mol. The van der Waals surface area contributed by atoms with E-state index in [9.17, 15) is 23.3 Å². The number of carbonyl (C=O) groups excluding carboxylic acids is 3. The Bertz CT molecular complexity index is 1400. The molecule has 0 radical (unpaired) electrons. The zero-order valence-corrected chi connectivity index (χ0v) is 25.1.